The Hall–Kier alpha value is -0.930. The van der Waals surface area contributed by atoms with Crippen LogP contribution in [-0.4, -0.2) is 19.8 Å². The van der Waals surface area contributed by atoms with Crippen molar-refractivity contribution in [1.29, 1.82) is 0 Å². The minimum absolute atomic E-state index is 0.149. The molecule has 1 aromatic carbocycles. The lowest BCUT2D eigenvalue weighted by Gasteiger charge is -2.20. The van der Waals surface area contributed by atoms with Crippen LogP contribution in [0.25, 0.3) is 0 Å². The molecule has 0 saturated carbocycles. The van der Waals surface area contributed by atoms with Crippen molar-refractivity contribution in [1.82, 2.24) is 5.32 Å². The van der Waals surface area contributed by atoms with Gasteiger partial charge in [0, 0.05) is 6.61 Å². The zero-order valence-electron chi connectivity index (χ0n) is 10.9. The molecule has 1 N–H and O–H groups in total. The van der Waals surface area contributed by atoms with E-state index >= 15 is 0 Å². The molecule has 1 unspecified atom stereocenters. The van der Waals surface area contributed by atoms with Gasteiger partial charge in [0.05, 0.1) is 12.6 Å². The van der Waals surface area contributed by atoms with Crippen molar-refractivity contribution in [2.24, 2.45) is 0 Å². The van der Waals surface area contributed by atoms with Crippen LogP contribution in [0, 0.1) is 12.7 Å². The standard InChI is InChI=1S/C14H22FNO/c1-4-8-16-14(10-17-5-2)13-7-6-12(15)9-11(13)3/h6-7,9,14,16H,4-5,8,10H2,1-3H3. The van der Waals surface area contributed by atoms with Crippen molar-refractivity contribution < 1.29 is 9.13 Å². The molecule has 17 heavy (non-hydrogen) atoms. The van der Waals surface area contributed by atoms with E-state index in [1.54, 1.807) is 6.07 Å². The molecule has 1 atom stereocenters. The molecule has 0 spiro atoms. The van der Waals surface area contributed by atoms with E-state index in [9.17, 15) is 4.39 Å². The van der Waals surface area contributed by atoms with Gasteiger partial charge in [-0.15, -0.1) is 0 Å². The molecular formula is C14H22FNO. The van der Waals surface area contributed by atoms with Gasteiger partial charge in [0.2, 0.25) is 0 Å². The fourth-order valence-electron chi connectivity index (χ4n) is 1.84. The molecule has 3 heteroatoms. The van der Waals surface area contributed by atoms with Crippen LogP contribution >= 0.6 is 0 Å². The van der Waals surface area contributed by atoms with Crippen molar-refractivity contribution in [3.8, 4) is 0 Å². The molecule has 0 heterocycles. The fraction of sp³-hybridized carbons (Fsp3) is 0.571. The van der Waals surface area contributed by atoms with Gasteiger partial charge in [0.15, 0.2) is 0 Å². The maximum Gasteiger partial charge on any atom is 0.123 e. The molecular weight excluding hydrogens is 217 g/mol. The summed E-state index contributed by atoms with van der Waals surface area (Å²) < 4.78 is 18.5. The third-order valence-electron chi connectivity index (χ3n) is 2.74. The van der Waals surface area contributed by atoms with Gasteiger partial charge in [-0.3, -0.25) is 0 Å². The average molecular weight is 239 g/mol. The van der Waals surface area contributed by atoms with Gasteiger partial charge in [-0.25, -0.2) is 4.39 Å². The number of nitrogens with one attached hydrogen (secondary N) is 1. The largest absolute Gasteiger partial charge is 0.380 e. The second-order valence-corrected chi connectivity index (χ2v) is 4.17. The van der Waals surface area contributed by atoms with E-state index in [2.05, 4.69) is 12.2 Å². The number of benzene rings is 1. The average Bonchev–Trinajstić information content (AvgIpc) is 2.30. The van der Waals surface area contributed by atoms with Crippen LogP contribution < -0.4 is 5.32 Å². The van der Waals surface area contributed by atoms with Crippen molar-refractivity contribution in [3.05, 3.63) is 35.1 Å². The van der Waals surface area contributed by atoms with E-state index in [0.29, 0.717) is 13.2 Å². The van der Waals surface area contributed by atoms with Crippen molar-refractivity contribution in [2.75, 3.05) is 19.8 Å². The smallest absolute Gasteiger partial charge is 0.123 e. The number of rotatable bonds is 7. The highest BCUT2D eigenvalue weighted by Gasteiger charge is 2.13. The lowest BCUT2D eigenvalue weighted by molar-refractivity contribution is 0.123. The third kappa shape index (κ3) is 4.44. The van der Waals surface area contributed by atoms with Gasteiger partial charge in [-0.2, -0.15) is 0 Å². The van der Waals surface area contributed by atoms with Crippen LogP contribution in [0.1, 0.15) is 37.4 Å². The van der Waals surface area contributed by atoms with E-state index < -0.39 is 0 Å². The number of ether oxygens (including phenoxy) is 1. The quantitative estimate of drug-likeness (QED) is 0.789. The van der Waals surface area contributed by atoms with Gasteiger partial charge in [-0.1, -0.05) is 13.0 Å². The highest BCUT2D eigenvalue weighted by molar-refractivity contribution is 5.29. The second-order valence-electron chi connectivity index (χ2n) is 4.17. The summed E-state index contributed by atoms with van der Waals surface area (Å²) in [6.45, 7) is 8.31. The molecule has 0 aliphatic heterocycles. The van der Waals surface area contributed by atoms with E-state index in [1.165, 1.54) is 6.07 Å². The van der Waals surface area contributed by atoms with Crippen molar-refractivity contribution >= 4 is 0 Å². The predicted octanol–water partition coefficient (Wildman–Crippen LogP) is 3.21. The molecule has 0 saturated heterocycles. The lowest BCUT2D eigenvalue weighted by atomic mass is 10.0. The summed E-state index contributed by atoms with van der Waals surface area (Å²) in [5.74, 6) is -0.183. The third-order valence-corrected chi connectivity index (χ3v) is 2.74. The second kappa shape index (κ2) is 7.41. The Morgan fingerprint density at radius 3 is 2.71 bits per heavy atom. The Labute approximate surface area is 103 Å². The molecule has 0 aromatic heterocycles. The Bertz CT molecular complexity index is 333. The van der Waals surface area contributed by atoms with Gasteiger partial charge in [0.1, 0.15) is 5.82 Å². The highest BCUT2D eigenvalue weighted by atomic mass is 19.1. The van der Waals surface area contributed by atoms with Crippen LogP contribution in [0.3, 0.4) is 0 Å². The molecule has 96 valence electrons. The van der Waals surface area contributed by atoms with Crippen LogP contribution in [0.2, 0.25) is 0 Å². The molecule has 0 aliphatic rings. The maximum atomic E-state index is 13.1. The first kappa shape index (κ1) is 14.1. The molecule has 0 radical (unpaired) electrons. The van der Waals surface area contributed by atoms with Gasteiger partial charge >= 0.3 is 0 Å². The van der Waals surface area contributed by atoms with Gasteiger partial charge < -0.3 is 10.1 Å². The van der Waals surface area contributed by atoms with Crippen LogP contribution in [0.4, 0.5) is 4.39 Å². The molecule has 2 nitrogen and oxygen atoms in total. The summed E-state index contributed by atoms with van der Waals surface area (Å²) in [6.07, 6.45) is 1.07. The van der Waals surface area contributed by atoms with Crippen LogP contribution in [0.15, 0.2) is 18.2 Å². The SMILES string of the molecule is CCCNC(COCC)c1ccc(F)cc1C. The van der Waals surface area contributed by atoms with Gasteiger partial charge in [-0.05, 0) is 50.1 Å². The number of halogens is 1. The summed E-state index contributed by atoms with van der Waals surface area (Å²) in [5, 5.41) is 3.43. The summed E-state index contributed by atoms with van der Waals surface area (Å²) in [6, 6.07) is 5.07. The van der Waals surface area contributed by atoms with Crippen molar-refractivity contribution in [2.45, 2.75) is 33.2 Å². The number of hydrogen-bond acceptors (Lipinski definition) is 2. The Kier molecular flexibility index (Phi) is 6.16. The summed E-state index contributed by atoms with van der Waals surface area (Å²) in [7, 11) is 0. The first-order valence-corrected chi connectivity index (χ1v) is 6.26. The van der Waals surface area contributed by atoms with E-state index in [1.807, 2.05) is 19.9 Å². The Morgan fingerprint density at radius 1 is 1.35 bits per heavy atom. The van der Waals surface area contributed by atoms with Gasteiger partial charge in [0.25, 0.3) is 0 Å². The number of aryl methyl sites for hydroxylation is 1. The first-order valence-electron chi connectivity index (χ1n) is 6.26. The van der Waals surface area contributed by atoms with E-state index in [0.717, 1.165) is 24.1 Å². The maximum absolute atomic E-state index is 13.1. The number of hydrogen-bond donors (Lipinski definition) is 1. The molecule has 0 fully saturated rings. The van der Waals surface area contributed by atoms with Crippen LogP contribution in [-0.2, 0) is 4.74 Å². The molecule has 0 amide bonds. The first-order chi connectivity index (χ1) is 8.19. The van der Waals surface area contributed by atoms with Crippen LogP contribution in [0.5, 0.6) is 0 Å². The predicted molar refractivity (Wildman–Crippen MR) is 68.7 cm³/mol. The summed E-state index contributed by atoms with van der Waals surface area (Å²) in [5.41, 5.74) is 2.09. The van der Waals surface area contributed by atoms with E-state index in [4.69, 9.17) is 4.74 Å². The minimum Gasteiger partial charge on any atom is -0.380 e. The molecule has 0 bridgehead atoms. The zero-order valence-corrected chi connectivity index (χ0v) is 10.9. The summed E-state index contributed by atoms with van der Waals surface area (Å²) in [4.78, 5) is 0. The monoisotopic (exact) mass is 239 g/mol. The van der Waals surface area contributed by atoms with Crippen molar-refractivity contribution in [3.63, 3.8) is 0 Å². The topological polar surface area (TPSA) is 21.3 Å². The zero-order chi connectivity index (χ0) is 12.7. The highest BCUT2D eigenvalue weighted by Crippen LogP contribution is 2.19. The summed E-state index contributed by atoms with van der Waals surface area (Å²) >= 11 is 0. The molecule has 1 rings (SSSR count). The Balaban J connectivity index is 2.79. The molecule has 0 aliphatic carbocycles. The Morgan fingerprint density at radius 2 is 2.12 bits per heavy atom. The minimum atomic E-state index is -0.183. The fourth-order valence-corrected chi connectivity index (χ4v) is 1.84. The van der Waals surface area contributed by atoms with E-state index in [-0.39, 0.29) is 11.9 Å². The normalized spacial score (nSPS) is 12.7. The lowest BCUT2D eigenvalue weighted by Crippen LogP contribution is -2.27. The molecule has 1 aromatic rings.